The first-order valence-electron chi connectivity index (χ1n) is 9.00. The zero-order chi connectivity index (χ0) is 19.1. The van der Waals surface area contributed by atoms with Crippen LogP contribution in [0.3, 0.4) is 0 Å². The Balaban J connectivity index is 2.46. The molecule has 140 valence electrons. The summed E-state index contributed by atoms with van der Waals surface area (Å²) in [6.45, 7) is 3.96. The molecule has 1 aromatic carbocycles. The predicted molar refractivity (Wildman–Crippen MR) is 99.6 cm³/mol. The molecule has 2 aromatic rings. The van der Waals surface area contributed by atoms with Gasteiger partial charge in [0.15, 0.2) is 0 Å². The minimum absolute atomic E-state index is 0.0460. The highest BCUT2D eigenvalue weighted by molar-refractivity contribution is 5.95. The Kier molecular flexibility index (Phi) is 6.89. The summed E-state index contributed by atoms with van der Waals surface area (Å²) in [6.07, 6.45) is 5.81. The first-order valence-corrected chi connectivity index (χ1v) is 9.00. The largest absolute Gasteiger partial charge is 0.462 e. The summed E-state index contributed by atoms with van der Waals surface area (Å²) in [5.74, 6) is -0.689. The fourth-order valence-electron chi connectivity index (χ4n) is 2.95. The van der Waals surface area contributed by atoms with Gasteiger partial charge in [-0.05, 0) is 25.8 Å². The summed E-state index contributed by atoms with van der Waals surface area (Å²) in [4.78, 5) is 38.7. The molecule has 0 spiro atoms. The van der Waals surface area contributed by atoms with Crippen molar-refractivity contribution in [3.05, 3.63) is 49.8 Å². The van der Waals surface area contributed by atoms with Gasteiger partial charge in [0.25, 0.3) is 5.69 Å². The number of unbranched alkanes of at least 4 members (excludes halogenated alkanes) is 4. The lowest BCUT2D eigenvalue weighted by Gasteiger charge is -2.11. The summed E-state index contributed by atoms with van der Waals surface area (Å²) in [7, 11) is 0. The standard InChI is InChI=1S/C19H24N2O5/c1-3-5-6-7-8-9-16-17(19(23)26-4-2)18(22)14-12-13(21(24)25)10-11-15(14)20-16/h10-12H,3-9H2,1-2H3,(H,20,22). The van der Waals surface area contributed by atoms with Crippen LogP contribution in [0.5, 0.6) is 0 Å². The van der Waals surface area contributed by atoms with E-state index in [0.717, 1.165) is 32.1 Å². The van der Waals surface area contributed by atoms with Crippen LogP contribution in [0.2, 0.25) is 0 Å². The van der Waals surface area contributed by atoms with Gasteiger partial charge in [0.1, 0.15) is 5.56 Å². The summed E-state index contributed by atoms with van der Waals surface area (Å²) < 4.78 is 5.03. The van der Waals surface area contributed by atoms with E-state index < -0.39 is 16.3 Å². The van der Waals surface area contributed by atoms with Crippen LogP contribution in [-0.2, 0) is 11.2 Å². The second-order valence-corrected chi connectivity index (χ2v) is 6.18. The monoisotopic (exact) mass is 360 g/mol. The number of aromatic nitrogens is 1. The molecule has 1 aromatic heterocycles. The van der Waals surface area contributed by atoms with Crippen LogP contribution >= 0.6 is 0 Å². The molecule has 7 nitrogen and oxygen atoms in total. The minimum Gasteiger partial charge on any atom is -0.462 e. The molecular weight excluding hydrogens is 336 g/mol. The van der Waals surface area contributed by atoms with E-state index in [0.29, 0.717) is 17.6 Å². The normalized spacial score (nSPS) is 10.8. The number of rotatable bonds is 9. The molecule has 0 aliphatic heterocycles. The molecule has 0 saturated heterocycles. The van der Waals surface area contributed by atoms with Gasteiger partial charge in [0.05, 0.1) is 22.4 Å². The molecule has 0 saturated carbocycles. The highest BCUT2D eigenvalue weighted by Gasteiger charge is 2.21. The number of non-ortho nitro benzene ring substituents is 1. The van der Waals surface area contributed by atoms with Crippen LogP contribution in [0, 0.1) is 10.1 Å². The van der Waals surface area contributed by atoms with E-state index >= 15 is 0 Å². The van der Waals surface area contributed by atoms with E-state index in [1.165, 1.54) is 18.2 Å². The van der Waals surface area contributed by atoms with E-state index in [9.17, 15) is 19.7 Å². The van der Waals surface area contributed by atoms with Crippen molar-refractivity contribution in [3.63, 3.8) is 0 Å². The maximum absolute atomic E-state index is 12.8. The van der Waals surface area contributed by atoms with Gasteiger partial charge in [-0.2, -0.15) is 0 Å². The zero-order valence-corrected chi connectivity index (χ0v) is 15.2. The van der Waals surface area contributed by atoms with E-state index in [2.05, 4.69) is 11.9 Å². The van der Waals surface area contributed by atoms with Gasteiger partial charge in [-0.25, -0.2) is 4.79 Å². The van der Waals surface area contributed by atoms with Crippen molar-refractivity contribution in [2.75, 3.05) is 6.61 Å². The number of nitro groups is 1. The summed E-state index contributed by atoms with van der Waals surface area (Å²) in [6, 6.07) is 4.04. The summed E-state index contributed by atoms with van der Waals surface area (Å²) in [5.41, 5.74) is 0.258. The van der Waals surface area contributed by atoms with Crippen molar-refractivity contribution in [2.24, 2.45) is 0 Å². The van der Waals surface area contributed by atoms with Crippen molar-refractivity contribution in [3.8, 4) is 0 Å². The number of nitro benzene ring substituents is 1. The number of aromatic amines is 1. The lowest BCUT2D eigenvalue weighted by atomic mass is 10.0. The van der Waals surface area contributed by atoms with Crippen molar-refractivity contribution in [1.82, 2.24) is 4.98 Å². The number of nitrogens with zero attached hydrogens (tertiary/aromatic N) is 1. The van der Waals surface area contributed by atoms with Gasteiger partial charge in [0.2, 0.25) is 5.43 Å². The molecule has 0 bridgehead atoms. The van der Waals surface area contributed by atoms with E-state index in [1.807, 2.05) is 0 Å². The number of aryl methyl sites for hydroxylation is 1. The number of nitrogens with one attached hydrogen (secondary N) is 1. The molecular formula is C19H24N2O5. The highest BCUT2D eigenvalue weighted by Crippen LogP contribution is 2.20. The van der Waals surface area contributed by atoms with Crippen LogP contribution in [0.4, 0.5) is 5.69 Å². The van der Waals surface area contributed by atoms with E-state index in [1.54, 1.807) is 6.92 Å². The Morgan fingerprint density at radius 3 is 2.58 bits per heavy atom. The fraction of sp³-hybridized carbons (Fsp3) is 0.474. The first-order chi connectivity index (χ1) is 12.5. The quantitative estimate of drug-likeness (QED) is 0.313. The van der Waals surface area contributed by atoms with Crippen molar-refractivity contribution in [2.45, 2.75) is 52.4 Å². The van der Waals surface area contributed by atoms with Crippen molar-refractivity contribution in [1.29, 1.82) is 0 Å². The number of hydrogen-bond acceptors (Lipinski definition) is 5. The van der Waals surface area contributed by atoms with Gasteiger partial charge in [0, 0.05) is 17.8 Å². The SMILES string of the molecule is CCCCCCCc1[nH]c2ccc([N+](=O)[O-])cc2c(=O)c1C(=O)OCC. The summed E-state index contributed by atoms with van der Waals surface area (Å²) >= 11 is 0. The average Bonchev–Trinajstić information content (AvgIpc) is 2.61. The minimum atomic E-state index is -0.689. The second-order valence-electron chi connectivity index (χ2n) is 6.18. The van der Waals surface area contributed by atoms with Crippen LogP contribution in [0.1, 0.15) is 62.0 Å². The Bertz CT molecular complexity index is 857. The van der Waals surface area contributed by atoms with Crippen LogP contribution in [-0.4, -0.2) is 22.5 Å². The molecule has 0 radical (unpaired) electrons. The number of pyridine rings is 1. The molecule has 7 heteroatoms. The molecule has 2 rings (SSSR count). The molecule has 0 aliphatic carbocycles. The number of benzene rings is 1. The van der Waals surface area contributed by atoms with Gasteiger partial charge >= 0.3 is 5.97 Å². The lowest BCUT2D eigenvalue weighted by molar-refractivity contribution is -0.384. The third-order valence-corrected chi connectivity index (χ3v) is 4.28. The second kappa shape index (κ2) is 9.12. The number of fused-ring (bicyclic) bond motifs is 1. The maximum Gasteiger partial charge on any atom is 0.343 e. The van der Waals surface area contributed by atoms with Gasteiger partial charge < -0.3 is 9.72 Å². The van der Waals surface area contributed by atoms with Gasteiger partial charge in [-0.15, -0.1) is 0 Å². The van der Waals surface area contributed by atoms with Gasteiger partial charge in [-0.1, -0.05) is 32.6 Å². The Morgan fingerprint density at radius 2 is 1.92 bits per heavy atom. The number of H-pyrrole nitrogens is 1. The average molecular weight is 360 g/mol. The topological polar surface area (TPSA) is 102 Å². The van der Waals surface area contributed by atoms with Crippen molar-refractivity contribution < 1.29 is 14.5 Å². The molecule has 0 unspecified atom stereocenters. The maximum atomic E-state index is 12.8. The van der Waals surface area contributed by atoms with Gasteiger partial charge in [-0.3, -0.25) is 14.9 Å². The molecule has 1 heterocycles. The molecule has 26 heavy (non-hydrogen) atoms. The van der Waals surface area contributed by atoms with E-state index in [4.69, 9.17) is 4.74 Å². The smallest absolute Gasteiger partial charge is 0.343 e. The molecule has 0 atom stereocenters. The van der Waals surface area contributed by atoms with E-state index in [-0.39, 0.29) is 23.2 Å². The number of carbonyl (C=O) groups is 1. The first kappa shape index (κ1) is 19.6. The van der Waals surface area contributed by atoms with Crippen LogP contribution < -0.4 is 5.43 Å². The third kappa shape index (κ3) is 4.47. The number of ether oxygens (including phenoxy) is 1. The zero-order valence-electron chi connectivity index (χ0n) is 15.2. The predicted octanol–water partition coefficient (Wildman–Crippen LogP) is 4.13. The summed E-state index contributed by atoms with van der Waals surface area (Å²) in [5, 5.41) is 11.1. The fourth-order valence-corrected chi connectivity index (χ4v) is 2.95. The lowest BCUT2D eigenvalue weighted by Crippen LogP contribution is -2.22. The Hall–Kier alpha value is -2.70. The van der Waals surface area contributed by atoms with Crippen molar-refractivity contribution >= 4 is 22.6 Å². The Labute approximate surface area is 151 Å². The molecule has 0 amide bonds. The number of carbonyl (C=O) groups excluding carboxylic acids is 1. The number of hydrogen-bond donors (Lipinski definition) is 1. The molecule has 0 fully saturated rings. The van der Waals surface area contributed by atoms with Crippen LogP contribution in [0.15, 0.2) is 23.0 Å². The molecule has 1 N–H and O–H groups in total. The van der Waals surface area contributed by atoms with Crippen LogP contribution in [0.25, 0.3) is 10.9 Å². The highest BCUT2D eigenvalue weighted by atomic mass is 16.6. The number of esters is 1. The Morgan fingerprint density at radius 1 is 1.19 bits per heavy atom. The molecule has 0 aliphatic rings. The third-order valence-electron chi connectivity index (χ3n) is 4.28.